The zero-order valence-electron chi connectivity index (χ0n) is 11.9. The van der Waals surface area contributed by atoms with Crippen LogP contribution in [0.15, 0.2) is 59.3 Å². The zero-order valence-corrected chi connectivity index (χ0v) is 13.5. The molecule has 4 rings (SSSR count). The fourth-order valence-corrected chi connectivity index (χ4v) is 3.39. The van der Waals surface area contributed by atoms with Gasteiger partial charge in [-0.05, 0) is 35.4 Å². The first kappa shape index (κ1) is 13.3. The summed E-state index contributed by atoms with van der Waals surface area (Å²) in [6.45, 7) is 0. The highest BCUT2D eigenvalue weighted by Crippen LogP contribution is 2.39. The van der Waals surface area contributed by atoms with Gasteiger partial charge in [-0.2, -0.15) is 0 Å². The SMILES string of the molecule is COc1cc2ccnc2c2c(-c3ccccc3Br)cc[nH]c12. The van der Waals surface area contributed by atoms with Crippen molar-refractivity contribution in [1.29, 1.82) is 0 Å². The van der Waals surface area contributed by atoms with Crippen LogP contribution in [-0.4, -0.2) is 17.1 Å². The maximum Gasteiger partial charge on any atom is 0.143 e. The van der Waals surface area contributed by atoms with Crippen molar-refractivity contribution in [1.82, 2.24) is 9.97 Å². The predicted molar refractivity (Wildman–Crippen MR) is 93.3 cm³/mol. The van der Waals surface area contributed by atoms with Crippen LogP contribution in [-0.2, 0) is 0 Å². The summed E-state index contributed by atoms with van der Waals surface area (Å²) in [4.78, 5) is 7.85. The summed E-state index contributed by atoms with van der Waals surface area (Å²) < 4.78 is 6.62. The Labute approximate surface area is 136 Å². The van der Waals surface area contributed by atoms with Gasteiger partial charge < -0.3 is 9.72 Å². The molecule has 0 amide bonds. The van der Waals surface area contributed by atoms with E-state index in [9.17, 15) is 0 Å². The minimum atomic E-state index is 0.824. The van der Waals surface area contributed by atoms with E-state index >= 15 is 0 Å². The molecule has 0 fully saturated rings. The highest BCUT2D eigenvalue weighted by molar-refractivity contribution is 9.10. The third kappa shape index (κ3) is 1.91. The van der Waals surface area contributed by atoms with E-state index < -0.39 is 0 Å². The Morgan fingerprint density at radius 2 is 1.95 bits per heavy atom. The third-order valence-electron chi connectivity index (χ3n) is 3.88. The molecule has 4 heteroatoms. The number of ether oxygens (including phenoxy) is 1. The highest BCUT2D eigenvalue weighted by Gasteiger charge is 2.15. The lowest BCUT2D eigenvalue weighted by atomic mass is 9.99. The van der Waals surface area contributed by atoms with Gasteiger partial charge in [0.1, 0.15) is 5.75 Å². The van der Waals surface area contributed by atoms with Gasteiger partial charge in [-0.15, -0.1) is 0 Å². The lowest BCUT2D eigenvalue weighted by Crippen LogP contribution is -1.91. The van der Waals surface area contributed by atoms with E-state index in [1.165, 1.54) is 0 Å². The number of hydrogen-bond acceptors (Lipinski definition) is 2. The number of benzene rings is 2. The van der Waals surface area contributed by atoms with Crippen LogP contribution in [0.4, 0.5) is 0 Å². The first-order chi connectivity index (χ1) is 10.8. The van der Waals surface area contributed by atoms with Crippen molar-refractivity contribution in [2.24, 2.45) is 0 Å². The molecule has 3 nitrogen and oxygen atoms in total. The smallest absolute Gasteiger partial charge is 0.143 e. The summed E-state index contributed by atoms with van der Waals surface area (Å²) in [6.07, 6.45) is 3.77. The largest absolute Gasteiger partial charge is 0.495 e. The summed E-state index contributed by atoms with van der Waals surface area (Å²) >= 11 is 3.65. The number of fused-ring (bicyclic) bond motifs is 3. The second-order valence-electron chi connectivity index (χ2n) is 5.08. The highest BCUT2D eigenvalue weighted by atomic mass is 79.9. The molecule has 108 valence electrons. The van der Waals surface area contributed by atoms with Gasteiger partial charge in [-0.3, -0.25) is 4.98 Å². The number of nitrogens with zero attached hydrogens (tertiary/aromatic N) is 1. The average Bonchev–Trinajstić information content (AvgIpc) is 3.02. The van der Waals surface area contributed by atoms with Gasteiger partial charge in [0.05, 0.1) is 18.1 Å². The molecule has 4 aromatic rings. The van der Waals surface area contributed by atoms with Crippen molar-refractivity contribution in [2.45, 2.75) is 0 Å². The molecule has 0 unspecified atom stereocenters. The van der Waals surface area contributed by atoms with E-state index in [2.05, 4.69) is 38.0 Å². The number of pyridine rings is 1. The van der Waals surface area contributed by atoms with Crippen LogP contribution >= 0.6 is 15.9 Å². The maximum absolute atomic E-state index is 5.56. The number of methoxy groups -OCH3 is 1. The van der Waals surface area contributed by atoms with Crippen LogP contribution in [0.3, 0.4) is 0 Å². The molecule has 0 atom stereocenters. The van der Waals surface area contributed by atoms with E-state index in [0.29, 0.717) is 0 Å². The molecular weight excluding hydrogens is 340 g/mol. The van der Waals surface area contributed by atoms with E-state index in [1.54, 1.807) is 7.11 Å². The molecule has 0 saturated carbocycles. The van der Waals surface area contributed by atoms with Gasteiger partial charge >= 0.3 is 0 Å². The topological polar surface area (TPSA) is 37.9 Å². The summed E-state index contributed by atoms with van der Waals surface area (Å²) in [5, 5.41) is 2.16. The van der Waals surface area contributed by atoms with Crippen molar-refractivity contribution in [2.75, 3.05) is 7.11 Å². The average molecular weight is 353 g/mol. The van der Waals surface area contributed by atoms with E-state index in [0.717, 1.165) is 43.2 Å². The quantitative estimate of drug-likeness (QED) is 0.541. The van der Waals surface area contributed by atoms with Gasteiger partial charge in [0.15, 0.2) is 0 Å². The second-order valence-corrected chi connectivity index (χ2v) is 5.94. The Hall–Kier alpha value is -2.33. The molecule has 0 bridgehead atoms. The molecule has 1 N–H and O–H groups in total. The Morgan fingerprint density at radius 1 is 1.09 bits per heavy atom. The fraction of sp³-hybridized carbons (Fsp3) is 0.0556. The molecule has 0 aliphatic heterocycles. The summed E-state index contributed by atoms with van der Waals surface area (Å²) in [5.41, 5.74) is 4.21. The van der Waals surface area contributed by atoms with Crippen LogP contribution in [0.2, 0.25) is 0 Å². The van der Waals surface area contributed by atoms with Crippen LogP contribution < -0.4 is 4.74 Å². The monoisotopic (exact) mass is 352 g/mol. The van der Waals surface area contributed by atoms with Gasteiger partial charge in [0.25, 0.3) is 0 Å². The van der Waals surface area contributed by atoms with Gasteiger partial charge in [0, 0.05) is 27.6 Å². The van der Waals surface area contributed by atoms with Crippen molar-refractivity contribution in [3.8, 4) is 16.9 Å². The van der Waals surface area contributed by atoms with Crippen molar-refractivity contribution in [3.05, 3.63) is 59.3 Å². The molecule has 0 radical (unpaired) electrons. The van der Waals surface area contributed by atoms with E-state index in [1.807, 2.05) is 42.7 Å². The third-order valence-corrected chi connectivity index (χ3v) is 4.57. The number of aromatic amines is 1. The summed E-state index contributed by atoms with van der Waals surface area (Å²) in [6, 6.07) is 14.3. The number of nitrogens with one attached hydrogen (secondary N) is 1. The number of aromatic nitrogens is 2. The lowest BCUT2D eigenvalue weighted by molar-refractivity contribution is 0.419. The van der Waals surface area contributed by atoms with Gasteiger partial charge in [0.2, 0.25) is 0 Å². The first-order valence-corrected chi connectivity index (χ1v) is 7.76. The minimum Gasteiger partial charge on any atom is -0.495 e. The molecular formula is C18H13BrN2O. The number of halogens is 1. The van der Waals surface area contributed by atoms with Crippen LogP contribution in [0.1, 0.15) is 0 Å². The number of rotatable bonds is 2. The molecule has 2 heterocycles. The van der Waals surface area contributed by atoms with Crippen LogP contribution in [0, 0.1) is 0 Å². The van der Waals surface area contributed by atoms with Crippen molar-refractivity contribution in [3.63, 3.8) is 0 Å². The predicted octanol–water partition coefficient (Wildman–Crippen LogP) is 5.15. The van der Waals surface area contributed by atoms with Crippen molar-refractivity contribution >= 4 is 37.7 Å². The van der Waals surface area contributed by atoms with Gasteiger partial charge in [-0.25, -0.2) is 0 Å². The lowest BCUT2D eigenvalue weighted by Gasteiger charge is -2.12. The molecule has 0 saturated heterocycles. The van der Waals surface area contributed by atoms with Crippen LogP contribution in [0.5, 0.6) is 5.75 Å². The number of H-pyrrole nitrogens is 1. The molecule has 0 spiro atoms. The maximum atomic E-state index is 5.56. The minimum absolute atomic E-state index is 0.824. The fourth-order valence-electron chi connectivity index (χ4n) is 2.89. The number of hydrogen-bond donors (Lipinski definition) is 1. The van der Waals surface area contributed by atoms with E-state index in [-0.39, 0.29) is 0 Å². The second kappa shape index (κ2) is 5.14. The Morgan fingerprint density at radius 3 is 2.77 bits per heavy atom. The molecule has 2 aromatic carbocycles. The Kier molecular flexibility index (Phi) is 3.12. The standard InChI is InChI=1S/C18H13BrN2O/c1-22-15-10-11-6-8-20-17(11)16-13(7-9-21-18(15)16)12-4-2-3-5-14(12)19/h2-10,21H,1H3. The first-order valence-electron chi connectivity index (χ1n) is 6.97. The Bertz CT molecular complexity index is 991. The zero-order chi connectivity index (χ0) is 15.1. The Balaban J connectivity index is 2.21. The van der Waals surface area contributed by atoms with Crippen molar-refractivity contribution < 1.29 is 4.74 Å². The van der Waals surface area contributed by atoms with Crippen LogP contribution in [0.25, 0.3) is 32.9 Å². The van der Waals surface area contributed by atoms with E-state index in [4.69, 9.17) is 4.74 Å². The molecule has 0 aliphatic rings. The summed E-state index contributed by atoms with van der Waals surface area (Å²) in [5.74, 6) is 0.824. The molecule has 22 heavy (non-hydrogen) atoms. The van der Waals surface area contributed by atoms with Gasteiger partial charge in [-0.1, -0.05) is 34.1 Å². The normalized spacial score (nSPS) is 11.2. The molecule has 0 aliphatic carbocycles. The summed E-state index contributed by atoms with van der Waals surface area (Å²) in [7, 11) is 1.69. The molecule has 2 aromatic heterocycles.